The highest BCUT2D eigenvalue weighted by molar-refractivity contribution is 6.35. The van der Waals surface area contributed by atoms with Gasteiger partial charge < -0.3 is 19.3 Å². The Labute approximate surface area is 214 Å². The Morgan fingerprint density at radius 3 is 2.49 bits per heavy atom. The fourth-order valence-electron chi connectivity index (χ4n) is 3.60. The molecule has 0 spiro atoms. The number of carbonyl (C=O) groups excluding carboxylic acids is 2. The summed E-state index contributed by atoms with van der Waals surface area (Å²) >= 11 is 12.3. The zero-order chi connectivity index (χ0) is 25.4. The van der Waals surface area contributed by atoms with Crippen LogP contribution in [0.2, 0.25) is 10.0 Å². The fourth-order valence-corrected chi connectivity index (χ4v) is 4.16. The van der Waals surface area contributed by atoms with Crippen molar-refractivity contribution in [3.8, 4) is 5.75 Å². The number of halogens is 2. The van der Waals surface area contributed by atoms with Crippen LogP contribution < -0.4 is 10.1 Å². The number of aryl methyl sites for hydroxylation is 2. The highest BCUT2D eigenvalue weighted by Gasteiger charge is 2.17. The Bertz CT molecular complexity index is 1140. The van der Waals surface area contributed by atoms with Gasteiger partial charge in [0.25, 0.3) is 5.91 Å². The lowest BCUT2D eigenvalue weighted by Crippen LogP contribution is -2.32. The van der Waals surface area contributed by atoms with Crippen LogP contribution in [0, 0.1) is 13.8 Å². The first-order valence-corrected chi connectivity index (χ1v) is 12.1. The molecule has 2 aromatic carbocycles. The van der Waals surface area contributed by atoms with Gasteiger partial charge in [-0.25, -0.2) is 4.79 Å². The van der Waals surface area contributed by atoms with Crippen LogP contribution in [0.15, 0.2) is 47.0 Å². The summed E-state index contributed by atoms with van der Waals surface area (Å²) in [5, 5.41) is 7.84. The molecule has 0 fully saturated rings. The van der Waals surface area contributed by atoms with E-state index in [2.05, 4.69) is 17.4 Å². The average Bonchev–Trinajstić information content (AvgIpc) is 3.16. The van der Waals surface area contributed by atoms with Crippen LogP contribution in [0.25, 0.3) is 0 Å². The highest BCUT2D eigenvalue weighted by atomic mass is 35.5. The van der Waals surface area contributed by atoms with Gasteiger partial charge in [0.05, 0.1) is 16.8 Å². The van der Waals surface area contributed by atoms with E-state index >= 15 is 0 Å². The van der Waals surface area contributed by atoms with Gasteiger partial charge in [-0.2, -0.15) is 0 Å². The lowest BCUT2D eigenvalue weighted by atomic mass is 9.94. The van der Waals surface area contributed by atoms with E-state index in [1.807, 2.05) is 19.9 Å². The van der Waals surface area contributed by atoms with Gasteiger partial charge in [-0.3, -0.25) is 4.79 Å². The third kappa shape index (κ3) is 7.47. The van der Waals surface area contributed by atoms with Crippen molar-refractivity contribution in [2.75, 3.05) is 13.2 Å². The second-order valence-corrected chi connectivity index (χ2v) is 8.99. The molecule has 1 amide bonds. The van der Waals surface area contributed by atoms with E-state index < -0.39 is 5.97 Å². The maximum absolute atomic E-state index is 12.3. The summed E-state index contributed by atoms with van der Waals surface area (Å²) in [4.78, 5) is 24.6. The summed E-state index contributed by atoms with van der Waals surface area (Å²) in [5.74, 6) is 0.343. The predicted octanol–water partition coefficient (Wildman–Crippen LogP) is 6.03. The minimum atomic E-state index is -0.594. The van der Waals surface area contributed by atoms with E-state index in [0.717, 1.165) is 29.7 Å². The molecular weight excluding hydrogens is 491 g/mol. The molecule has 0 saturated heterocycles. The lowest BCUT2D eigenvalue weighted by Gasteiger charge is -2.19. The number of hydrogen-bond donors (Lipinski definition) is 1. The molecular formula is C26H28Cl2N2O5. The Morgan fingerprint density at radius 1 is 1.11 bits per heavy atom. The van der Waals surface area contributed by atoms with Gasteiger partial charge in [0, 0.05) is 22.5 Å². The van der Waals surface area contributed by atoms with E-state index in [1.54, 1.807) is 36.4 Å². The lowest BCUT2D eigenvalue weighted by molar-refractivity contribution is -0.124. The van der Waals surface area contributed by atoms with Gasteiger partial charge >= 0.3 is 5.97 Å². The Balaban J connectivity index is 1.47. The molecule has 7 nitrogen and oxygen atoms in total. The zero-order valence-electron chi connectivity index (χ0n) is 19.9. The number of benzene rings is 2. The van der Waals surface area contributed by atoms with Crippen molar-refractivity contribution >= 4 is 35.1 Å². The number of esters is 1. The Morgan fingerprint density at radius 2 is 1.86 bits per heavy atom. The zero-order valence-corrected chi connectivity index (χ0v) is 21.4. The van der Waals surface area contributed by atoms with Gasteiger partial charge in [-0.05, 0) is 62.2 Å². The van der Waals surface area contributed by atoms with Gasteiger partial charge in [0.15, 0.2) is 6.61 Å². The second kappa shape index (κ2) is 12.6. The van der Waals surface area contributed by atoms with E-state index in [4.69, 9.17) is 37.2 Å². The normalized spacial score (nSPS) is 11.7. The van der Waals surface area contributed by atoms with Crippen LogP contribution >= 0.6 is 23.2 Å². The topological polar surface area (TPSA) is 90.7 Å². The molecule has 0 radical (unpaired) electrons. The molecule has 0 unspecified atom stereocenters. The predicted molar refractivity (Wildman–Crippen MR) is 134 cm³/mol. The van der Waals surface area contributed by atoms with Crippen molar-refractivity contribution in [3.05, 3.63) is 80.7 Å². The molecule has 0 aliphatic heterocycles. The first-order chi connectivity index (χ1) is 16.8. The van der Waals surface area contributed by atoms with Crippen molar-refractivity contribution in [3.63, 3.8) is 0 Å². The maximum Gasteiger partial charge on any atom is 0.338 e. The fraction of sp³-hybridized carbons (Fsp3) is 0.346. The molecule has 35 heavy (non-hydrogen) atoms. The Hall–Kier alpha value is -3.03. The molecule has 3 rings (SSSR count). The molecule has 9 heteroatoms. The molecule has 0 bridgehead atoms. The molecule has 0 aliphatic carbocycles. The van der Waals surface area contributed by atoms with Gasteiger partial charge in [0.2, 0.25) is 0 Å². The summed E-state index contributed by atoms with van der Waals surface area (Å²) in [6, 6.07) is 11.9. The number of rotatable bonds is 11. The van der Waals surface area contributed by atoms with Gasteiger partial charge in [-0.15, -0.1) is 0 Å². The van der Waals surface area contributed by atoms with E-state index in [9.17, 15) is 9.59 Å². The molecule has 1 heterocycles. The number of amides is 1. The summed E-state index contributed by atoms with van der Waals surface area (Å²) in [7, 11) is 0. The maximum atomic E-state index is 12.3. The van der Waals surface area contributed by atoms with Crippen LogP contribution in [0.5, 0.6) is 5.75 Å². The minimum Gasteiger partial charge on any atom is -0.489 e. The quantitative estimate of drug-likeness (QED) is 0.311. The first-order valence-electron chi connectivity index (χ1n) is 11.3. The first kappa shape index (κ1) is 26.6. The van der Waals surface area contributed by atoms with Crippen LogP contribution in [-0.2, 0) is 16.1 Å². The largest absolute Gasteiger partial charge is 0.489 e. The summed E-state index contributed by atoms with van der Waals surface area (Å²) in [5.41, 5.74) is 2.91. The minimum absolute atomic E-state index is 0.0300. The van der Waals surface area contributed by atoms with E-state index in [1.165, 1.54) is 0 Å². The molecule has 0 aliphatic rings. The van der Waals surface area contributed by atoms with Gasteiger partial charge in [0.1, 0.15) is 18.1 Å². The van der Waals surface area contributed by atoms with Crippen molar-refractivity contribution in [2.24, 2.45) is 0 Å². The number of ether oxygens (including phenoxy) is 2. The highest BCUT2D eigenvalue weighted by Crippen LogP contribution is 2.30. The monoisotopic (exact) mass is 518 g/mol. The van der Waals surface area contributed by atoms with Crippen molar-refractivity contribution in [1.29, 1.82) is 0 Å². The third-order valence-electron chi connectivity index (χ3n) is 5.57. The molecule has 3 aromatic rings. The van der Waals surface area contributed by atoms with Crippen LogP contribution in [-0.4, -0.2) is 30.2 Å². The Kier molecular flexibility index (Phi) is 9.57. The van der Waals surface area contributed by atoms with Crippen molar-refractivity contribution < 1.29 is 23.6 Å². The summed E-state index contributed by atoms with van der Waals surface area (Å²) in [6.45, 7) is 6.05. The standard InChI is InChI=1S/C26H28Cl2N2O5/c1-4-5-19(22-11-8-20(27)12-24(22)28)13-29-25(31)15-34-26(32)18-6-9-21(10-7-18)33-14-23-16(2)30-35-17(23)3/h6-12,19H,4-5,13-15H2,1-3H3,(H,29,31)/t19-/m0/s1. The number of aromatic nitrogens is 1. The van der Waals surface area contributed by atoms with Crippen LogP contribution in [0.3, 0.4) is 0 Å². The van der Waals surface area contributed by atoms with Crippen LogP contribution in [0.1, 0.15) is 58.6 Å². The van der Waals surface area contributed by atoms with E-state index in [-0.39, 0.29) is 18.4 Å². The molecule has 186 valence electrons. The second-order valence-electron chi connectivity index (χ2n) is 8.15. The summed E-state index contributed by atoms with van der Waals surface area (Å²) < 4.78 is 16.0. The number of nitrogens with one attached hydrogen (secondary N) is 1. The number of carbonyl (C=O) groups is 2. The SMILES string of the molecule is CCC[C@@H](CNC(=O)COC(=O)c1ccc(OCc2c(C)noc2C)cc1)c1ccc(Cl)cc1Cl. The molecule has 1 aromatic heterocycles. The summed E-state index contributed by atoms with van der Waals surface area (Å²) in [6.07, 6.45) is 1.76. The molecule has 1 N–H and O–H groups in total. The van der Waals surface area contributed by atoms with Crippen molar-refractivity contribution in [2.45, 2.75) is 46.1 Å². The van der Waals surface area contributed by atoms with Gasteiger partial charge in [-0.1, -0.05) is 47.8 Å². The van der Waals surface area contributed by atoms with Crippen molar-refractivity contribution in [1.82, 2.24) is 10.5 Å². The average molecular weight is 519 g/mol. The number of nitrogens with zero attached hydrogens (tertiary/aromatic N) is 1. The molecule has 1 atom stereocenters. The molecule has 0 saturated carbocycles. The number of hydrogen-bond acceptors (Lipinski definition) is 6. The van der Waals surface area contributed by atoms with E-state index in [0.29, 0.717) is 40.3 Å². The third-order valence-corrected chi connectivity index (χ3v) is 6.14. The van der Waals surface area contributed by atoms with Crippen LogP contribution in [0.4, 0.5) is 0 Å². The smallest absolute Gasteiger partial charge is 0.338 e.